The second-order valence-electron chi connectivity index (χ2n) is 2.02. The molecule has 9 heavy (non-hydrogen) atoms. The van der Waals surface area contributed by atoms with Crippen LogP contribution in [0, 0.1) is 0 Å². The van der Waals surface area contributed by atoms with E-state index in [1.54, 1.807) is 0 Å². The smallest absolute Gasteiger partial charge is 0.155 e. The van der Waals surface area contributed by atoms with Gasteiger partial charge in [0.05, 0.1) is 2.74 Å². The van der Waals surface area contributed by atoms with Crippen LogP contribution in [0.3, 0.4) is 0 Å². The van der Waals surface area contributed by atoms with Gasteiger partial charge in [-0.05, 0) is 12.5 Å². The Morgan fingerprint density at radius 2 is 2.67 bits per heavy atom. The highest BCUT2D eigenvalue weighted by atomic mass is 16.1. The molecule has 0 saturated carbocycles. The number of hydrogen-bond donors (Lipinski definition) is 0. The van der Waals surface area contributed by atoms with Gasteiger partial charge in [-0.15, -0.1) is 0 Å². The van der Waals surface area contributed by atoms with Crippen molar-refractivity contribution in [2.45, 2.75) is 32.6 Å². The van der Waals surface area contributed by atoms with Crippen LogP contribution in [0.25, 0.3) is 0 Å². The first kappa shape index (κ1) is 5.21. The van der Waals surface area contributed by atoms with E-state index in [1.807, 2.05) is 0 Å². The van der Waals surface area contributed by atoms with Crippen LogP contribution in [0.1, 0.15) is 35.3 Å². The normalized spacial score (nSPS) is 14.6. The van der Waals surface area contributed by atoms with Crippen LogP contribution in [-0.2, 0) is 4.79 Å². The van der Waals surface area contributed by atoms with E-state index in [9.17, 15) is 4.79 Å². The molecule has 0 fully saturated rings. The number of carbonyl (C=O) groups excluding carboxylic acids is 1. The Kier molecular flexibility index (Phi) is 3.21. The van der Waals surface area contributed by atoms with Crippen molar-refractivity contribution >= 4 is 5.78 Å². The molecule has 0 aromatic rings. The Hall–Kier alpha value is -0.590. The molecule has 0 N–H and O–H groups in total. The second-order valence-corrected chi connectivity index (χ2v) is 2.02. The first-order valence-electron chi connectivity index (χ1n) is 4.38. The van der Waals surface area contributed by atoms with E-state index in [1.165, 1.54) is 0 Å². The highest BCUT2D eigenvalue weighted by Gasteiger charge is 1.92. The van der Waals surface area contributed by atoms with Gasteiger partial charge in [0.1, 0.15) is 0 Å². The first-order valence-corrected chi connectivity index (χ1v) is 3.30. The van der Waals surface area contributed by atoms with Crippen LogP contribution >= 0.6 is 0 Å². The van der Waals surface area contributed by atoms with Crippen molar-refractivity contribution in [3.8, 4) is 0 Å². The summed E-state index contributed by atoms with van der Waals surface area (Å²) in [5, 5.41) is 0. The molecule has 0 bridgehead atoms. The van der Waals surface area contributed by atoms with Crippen molar-refractivity contribution in [1.29, 1.82) is 0 Å². The summed E-state index contributed by atoms with van der Waals surface area (Å²) in [6.07, 6.45) is 3.36. The average Bonchev–Trinajstić information content (AvgIpc) is 2.03. The summed E-state index contributed by atoms with van der Waals surface area (Å²) in [6, 6.07) is -0.180. The van der Waals surface area contributed by atoms with E-state index in [0.29, 0.717) is 6.42 Å². The molecule has 0 spiro atoms. The van der Waals surface area contributed by atoms with Gasteiger partial charge in [-0.3, -0.25) is 4.79 Å². The molecule has 1 nitrogen and oxygen atoms in total. The van der Waals surface area contributed by atoms with Crippen molar-refractivity contribution in [1.82, 2.24) is 0 Å². The van der Waals surface area contributed by atoms with Crippen LogP contribution in [-0.4, -0.2) is 5.78 Å². The van der Waals surface area contributed by atoms with Gasteiger partial charge >= 0.3 is 0 Å². The zero-order valence-corrected chi connectivity index (χ0v) is 5.81. The van der Waals surface area contributed by atoms with Gasteiger partial charge in [0.2, 0.25) is 0 Å². The number of ketones is 1. The van der Waals surface area contributed by atoms with E-state index in [-0.39, 0.29) is 11.8 Å². The van der Waals surface area contributed by atoms with E-state index in [4.69, 9.17) is 2.74 Å². The van der Waals surface area contributed by atoms with Gasteiger partial charge < -0.3 is 0 Å². The number of allylic oxidation sites excluding steroid dienone is 1. The molecule has 0 aromatic carbocycles. The molecule has 0 heterocycles. The zero-order valence-electron chi connectivity index (χ0n) is 7.81. The fraction of sp³-hybridized carbons (Fsp3) is 0.625. The molecule has 0 saturated heterocycles. The maximum atomic E-state index is 10.9. The van der Waals surface area contributed by atoms with E-state index >= 15 is 0 Å². The third-order valence-electron chi connectivity index (χ3n) is 1.17. The molecule has 0 unspecified atom stereocenters. The molecule has 0 rings (SSSR count). The largest absolute Gasteiger partial charge is 0.295 e. The molecule has 52 valence electrons. The number of unbranched alkanes of at least 4 members (excludes halogenated alkanes) is 2. The molecular weight excluding hydrogens is 112 g/mol. The molecule has 0 atom stereocenters. The van der Waals surface area contributed by atoms with E-state index in [0.717, 1.165) is 25.8 Å². The first-order chi connectivity index (χ1) is 5.22. The fourth-order valence-electron chi connectivity index (χ4n) is 0.608. The second kappa shape index (κ2) is 5.54. The zero-order chi connectivity index (χ0) is 8.69. The minimum Gasteiger partial charge on any atom is -0.295 e. The Labute approximate surface area is 59.6 Å². The predicted molar refractivity (Wildman–Crippen MR) is 39.3 cm³/mol. The molecule has 0 aliphatic heterocycles. The van der Waals surface area contributed by atoms with Gasteiger partial charge in [0, 0.05) is 6.42 Å². The van der Waals surface area contributed by atoms with Crippen molar-refractivity contribution in [2.24, 2.45) is 0 Å². The minimum atomic E-state index is -0.214. The van der Waals surface area contributed by atoms with Gasteiger partial charge in [0.15, 0.2) is 5.78 Å². The molecule has 1 heteroatoms. The summed E-state index contributed by atoms with van der Waals surface area (Å²) >= 11 is 0. The van der Waals surface area contributed by atoms with Crippen molar-refractivity contribution in [3.05, 3.63) is 12.6 Å². The average molecular weight is 128 g/mol. The summed E-state index contributed by atoms with van der Waals surface area (Å²) in [4.78, 5) is 10.9. The molecular formula is C8H14O. The van der Waals surface area contributed by atoms with Crippen molar-refractivity contribution in [3.63, 3.8) is 0 Å². The monoisotopic (exact) mass is 128 g/mol. The van der Waals surface area contributed by atoms with Gasteiger partial charge in [-0.25, -0.2) is 0 Å². The lowest BCUT2D eigenvalue weighted by Crippen LogP contribution is -1.90. The topological polar surface area (TPSA) is 17.1 Å². The predicted octanol–water partition coefficient (Wildman–Crippen LogP) is 2.32. The minimum absolute atomic E-state index is 0.180. The molecule has 0 aromatic heterocycles. The summed E-state index contributed by atoms with van der Waals surface area (Å²) < 4.78 is 13.6. The van der Waals surface area contributed by atoms with Gasteiger partial charge in [0.25, 0.3) is 0 Å². The third-order valence-corrected chi connectivity index (χ3v) is 1.17. The van der Waals surface area contributed by atoms with Crippen LogP contribution in [0.2, 0.25) is 0 Å². The molecule has 0 aliphatic carbocycles. The van der Waals surface area contributed by atoms with Crippen molar-refractivity contribution < 1.29 is 7.54 Å². The highest BCUT2D eigenvalue weighted by molar-refractivity contribution is 5.88. The quantitative estimate of drug-likeness (QED) is 0.410. The summed E-state index contributed by atoms with van der Waals surface area (Å²) in [6.45, 7) is 2.86. The van der Waals surface area contributed by atoms with Crippen molar-refractivity contribution in [2.75, 3.05) is 0 Å². The van der Waals surface area contributed by atoms with E-state index in [2.05, 4.69) is 6.92 Å². The van der Waals surface area contributed by atoms with Crippen LogP contribution < -0.4 is 0 Å². The molecule has 0 radical (unpaired) electrons. The Balaban J connectivity index is 3.53. The lowest BCUT2D eigenvalue weighted by atomic mass is 10.1. The number of hydrogen-bond acceptors (Lipinski definition) is 1. The maximum Gasteiger partial charge on any atom is 0.155 e. The lowest BCUT2D eigenvalue weighted by Gasteiger charge is -1.91. The summed E-state index contributed by atoms with van der Waals surface area (Å²) in [5.74, 6) is -0.214. The fourth-order valence-corrected chi connectivity index (χ4v) is 0.608. The van der Waals surface area contributed by atoms with Crippen LogP contribution in [0.15, 0.2) is 12.6 Å². The molecule has 0 aliphatic rings. The number of rotatable bonds is 5. The Morgan fingerprint density at radius 1 is 1.89 bits per heavy atom. The summed E-state index contributed by atoms with van der Waals surface area (Å²) in [5.41, 5.74) is 0. The highest BCUT2D eigenvalue weighted by Crippen LogP contribution is 1.99. The van der Waals surface area contributed by atoms with Crippen LogP contribution in [0.5, 0.6) is 0 Å². The summed E-state index contributed by atoms with van der Waals surface area (Å²) in [7, 11) is 0. The lowest BCUT2D eigenvalue weighted by molar-refractivity contribution is -0.114. The van der Waals surface area contributed by atoms with Crippen LogP contribution in [0.4, 0.5) is 0 Å². The Bertz CT molecular complexity index is 152. The standard InChI is InChI=1S/C8H14O/c1-3-5-6-7-8(9)4-2/h4H,2-3,5-7H2,1H3/i2D,4D. The Morgan fingerprint density at radius 3 is 3.22 bits per heavy atom. The maximum absolute atomic E-state index is 10.9. The van der Waals surface area contributed by atoms with Gasteiger partial charge in [-0.2, -0.15) is 0 Å². The molecule has 0 amide bonds. The van der Waals surface area contributed by atoms with Gasteiger partial charge in [-0.1, -0.05) is 26.3 Å². The third kappa shape index (κ3) is 5.28. The SMILES string of the molecule is [2H]C=C([2H])C(=O)CCCCC. The number of carbonyl (C=O) groups is 1. The van der Waals surface area contributed by atoms with E-state index < -0.39 is 0 Å².